The van der Waals surface area contributed by atoms with E-state index < -0.39 is 0 Å². The first-order valence-electron chi connectivity index (χ1n) is 7.15. The Hall–Kier alpha value is -1.40. The number of ether oxygens (including phenoxy) is 2. The summed E-state index contributed by atoms with van der Waals surface area (Å²) in [6.07, 6.45) is 2.21. The van der Waals surface area contributed by atoms with Gasteiger partial charge in [-0.3, -0.25) is 0 Å². The number of unbranched alkanes of at least 4 members (excludes halogenated alkanes) is 1. The molecule has 114 valence electrons. The quantitative estimate of drug-likeness (QED) is 0.411. The molecule has 0 unspecified atom stereocenters. The molecule has 6 heteroatoms. The van der Waals surface area contributed by atoms with Gasteiger partial charge in [-0.25, -0.2) is 10.8 Å². The molecule has 0 atom stereocenters. The van der Waals surface area contributed by atoms with Crippen LogP contribution in [0.15, 0.2) is 0 Å². The van der Waals surface area contributed by atoms with Gasteiger partial charge in [-0.05, 0) is 13.3 Å². The molecule has 0 fully saturated rings. The summed E-state index contributed by atoms with van der Waals surface area (Å²) in [7, 11) is 0. The maximum absolute atomic E-state index is 5.68. The number of anilines is 1. The molecule has 1 rings (SSSR count). The molecular weight excluding hydrogens is 256 g/mol. The molecule has 0 radical (unpaired) electrons. The van der Waals surface area contributed by atoms with Crippen LogP contribution in [0.4, 0.5) is 5.82 Å². The zero-order chi connectivity index (χ0) is 15.0. The van der Waals surface area contributed by atoms with Crippen molar-refractivity contribution in [2.45, 2.75) is 46.5 Å². The first-order chi connectivity index (χ1) is 9.60. The lowest BCUT2D eigenvalue weighted by molar-refractivity contribution is 0.0961. The van der Waals surface area contributed by atoms with E-state index in [1.165, 1.54) is 0 Å². The van der Waals surface area contributed by atoms with Gasteiger partial charge in [-0.2, -0.15) is 4.98 Å². The van der Waals surface area contributed by atoms with E-state index in [1.807, 2.05) is 20.8 Å². The van der Waals surface area contributed by atoms with E-state index >= 15 is 0 Å². The number of rotatable bonds is 9. The van der Waals surface area contributed by atoms with Crippen molar-refractivity contribution in [1.29, 1.82) is 0 Å². The van der Waals surface area contributed by atoms with Gasteiger partial charge in [0.15, 0.2) is 0 Å². The van der Waals surface area contributed by atoms with E-state index in [1.54, 1.807) is 0 Å². The second kappa shape index (κ2) is 8.71. The third kappa shape index (κ3) is 4.94. The molecule has 20 heavy (non-hydrogen) atoms. The maximum Gasteiger partial charge on any atom is 0.221 e. The van der Waals surface area contributed by atoms with Crippen LogP contribution < -0.4 is 16.0 Å². The number of nitrogens with zero attached hydrogens (tertiary/aromatic N) is 2. The molecule has 0 saturated carbocycles. The van der Waals surface area contributed by atoms with Gasteiger partial charge in [-0.15, -0.1) is 0 Å². The van der Waals surface area contributed by atoms with E-state index in [0.29, 0.717) is 30.7 Å². The normalized spacial score (nSPS) is 10.9. The molecule has 0 aromatic carbocycles. The number of hydrogen-bond donors (Lipinski definition) is 2. The summed E-state index contributed by atoms with van der Waals surface area (Å²) in [4.78, 5) is 8.79. The van der Waals surface area contributed by atoms with Gasteiger partial charge in [0.05, 0.1) is 12.2 Å². The first kappa shape index (κ1) is 16.7. The second-order valence-electron chi connectivity index (χ2n) is 4.97. The average Bonchev–Trinajstić information content (AvgIpc) is 2.44. The van der Waals surface area contributed by atoms with Crippen LogP contribution >= 0.6 is 0 Å². The van der Waals surface area contributed by atoms with E-state index in [9.17, 15) is 0 Å². The van der Waals surface area contributed by atoms with E-state index in [2.05, 4.69) is 22.3 Å². The highest BCUT2D eigenvalue weighted by atomic mass is 16.5. The summed E-state index contributed by atoms with van der Waals surface area (Å²) < 4.78 is 11.1. The first-order valence-corrected chi connectivity index (χ1v) is 7.15. The SMILES string of the molecule is CCCCOCCOc1nc(C(C)C)nc(NN)c1C. The number of nitrogen functional groups attached to an aromatic ring is 1. The van der Waals surface area contributed by atoms with Crippen LogP contribution in [0.2, 0.25) is 0 Å². The smallest absolute Gasteiger partial charge is 0.221 e. The van der Waals surface area contributed by atoms with Crippen LogP contribution in [0, 0.1) is 6.92 Å². The summed E-state index contributed by atoms with van der Waals surface area (Å²) >= 11 is 0. The van der Waals surface area contributed by atoms with Crippen molar-refractivity contribution < 1.29 is 9.47 Å². The van der Waals surface area contributed by atoms with Gasteiger partial charge in [0.2, 0.25) is 5.88 Å². The molecule has 0 aliphatic heterocycles. The van der Waals surface area contributed by atoms with Crippen LogP contribution in [0.3, 0.4) is 0 Å². The largest absolute Gasteiger partial charge is 0.475 e. The predicted molar refractivity (Wildman–Crippen MR) is 79.9 cm³/mol. The number of nitrogens with one attached hydrogen (secondary N) is 1. The summed E-state index contributed by atoms with van der Waals surface area (Å²) in [6.45, 7) is 9.89. The lowest BCUT2D eigenvalue weighted by Gasteiger charge is -2.14. The van der Waals surface area contributed by atoms with Crippen molar-refractivity contribution in [3.63, 3.8) is 0 Å². The zero-order valence-corrected chi connectivity index (χ0v) is 12.9. The number of aromatic nitrogens is 2. The minimum atomic E-state index is 0.214. The van der Waals surface area contributed by atoms with E-state index in [0.717, 1.165) is 25.0 Å². The Bertz CT molecular complexity index is 410. The molecule has 0 spiro atoms. The van der Waals surface area contributed by atoms with Gasteiger partial charge in [0.1, 0.15) is 18.2 Å². The van der Waals surface area contributed by atoms with Crippen molar-refractivity contribution in [3.05, 3.63) is 11.4 Å². The predicted octanol–water partition coefficient (Wildman–Crippen LogP) is 2.39. The van der Waals surface area contributed by atoms with Crippen molar-refractivity contribution in [2.24, 2.45) is 5.84 Å². The van der Waals surface area contributed by atoms with Crippen molar-refractivity contribution >= 4 is 5.82 Å². The molecule has 0 aliphatic carbocycles. The van der Waals surface area contributed by atoms with Crippen LogP contribution in [-0.2, 0) is 4.74 Å². The Labute approximate surface area is 121 Å². The Kier molecular flexibility index (Phi) is 7.25. The van der Waals surface area contributed by atoms with Crippen LogP contribution in [0.25, 0.3) is 0 Å². The van der Waals surface area contributed by atoms with Gasteiger partial charge in [0, 0.05) is 12.5 Å². The Morgan fingerprint density at radius 1 is 1.20 bits per heavy atom. The highest BCUT2D eigenvalue weighted by molar-refractivity contribution is 5.47. The van der Waals surface area contributed by atoms with Crippen LogP contribution in [-0.4, -0.2) is 29.8 Å². The van der Waals surface area contributed by atoms with Gasteiger partial charge in [0.25, 0.3) is 0 Å². The van der Waals surface area contributed by atoms with Gasteiger partial charge < -0.3 is 14.9 Å². The molecule has 6 nitrogen and oxygen atoms in total. The maximum atomic E-state index is 5.68. The highest BCUT2D eigenvalue weighted by Crippen LogP contribution is 2.24. The fourth-order valence-corrected chi connectivity index (χ4v) is 1.60. The van der Waals surface area contributed by atoms with Gasteiger partial charge in [-0.1, -0.05) is 27.2 Å². The lowest BCUT2D eigenvalue weighted by atomic mass is 10.2. The van der Waals surface area contributed by atoms with E-state index in [4.69, 9.17) is 15.3 Å². The number of hydrogen-bond acceptors (Lipinski definition) is 6. The second-order valence-corrected chi connectivity index (χ2v) is 4.97. The monoisotopic (exact) mass is 282 g/mol. The molecule has 0 saturated heterocycles. The van der Waals surface area contributed by atoms with Crippen molar-refractivity contribution in [2.75, 3.05) is 25.2 Å². The summed E-state index contributed by atoms with van der Waals surface area (Å²) in [5.41, 5.74) is 3.40. The fourth-order valence-electron chi connectivity index (χ4n) is 1.60. The third-order valence-electron chi connectivity index (χ3n) is 2.88. The van der Waals surface area contributed by atoms with Crippen LogP contribution in [0.5, 0.6) is 5.88 Å². The van der Waals surface area contributed by atoms with Crippen LogP contribution in [0.1, 0.15) is 50.9 Å². The standard InChI is InChI=1S/C14H26N4O2/c1-5-6-7-19-8-9-20-14-11(4)13(18-15)16-12(17-14)10(2)3/h10H,5-9,15H2,1-4H3,(H,16,17,18). The third-order valence-corrected chi connectivity index (χ3v) is 2.88. The molecule has 0 bridgehead atoms. The molecule has 1 heterocycles. The average molecular weight is 282 g/mol. The van der Waals surface area contributed by atoms with Crippen molar-refractivity contribution in [3.8, 4) is 5.88 Å². The molecule has 3 N–H and O–H groups in total. The minimum Gasteiger partial charge on any atom is -0.475 e. The minimum absolute atomic E-state index is 0.214. The Morgan fingerprint density at radius 2 is 1.95 bits per heavy atom. The summed E-state index contributed by atoms with van der Waals surface area (Å²) in [5.74, 6) is 7.57. The van der Waals surface area contributed by atoms with E-state index in [-0.39, 0.29) is 5.92 Å². The summed E-state index contributed by atoms with van der Waals surface area (Å²) in [5, 5.41) is 0. The topological polar surface area (TPSA) is 82.3 Å². The molecule has 1 aromatic heterocycles. The fraction of sp³-hybridized carbons (Fsp3) is 0.714. The molecule has 1 aromatic rings. The highest BCUT2D eigenvalue weighted by Gasteiger charge is 2.13. The summed E-state index contributed by atoms with van der Waals surface area (Å²) in [6, 6.07) is 0. The van der Waals surface area contributed by atoms with Gasteiger partial charge >= 0.3 is 0 Å². The van der Waals surface area contributed by atoms with Crippen molar-refractivity contribution in [1.82, 2.24) is 9.97 Å². The zero-order valence-electron chi connectivity index (χ0n) is 12.9. The number of hydrazine groups is 1. The Morgan fingerprint density at radius 3 is 2.55 bits per heavy atom. The lowest BCUT2D eigenvalue weighted by Crippen LogP contribution is -2.15. The molecule has 0 amide bonds. The number of nitrogens with two attached hydrogens (primary N) is 1. The molecule has 0 aliphatic rings. The molecular formula is C14H26N4O2. The Balaban J connectivity index is 2.61.